The number of fused-ring (bicyclic) bond motifs is 1. The SMILES string of the molecule is CC(Sc1nc2ccccc2n1C)C(=O)Nc1ccc(F)c([N+](=O)[O-])c1. The van der Waals surface area contributed by atoms with Crippen LogP contribution >= 0.6 is 11.8 Å². The first-order valence-corrected chi connectivity index (χ1v) is 8.57. The number of thioether (sulfide) groups is 1. The summed E-state index contributed by atoms with van der Waals surface area (Å²) < 4.78 is 15.3. The third-order valence-electron chi connectivity index (χ3n) is 3.81. The number of nitrogens with one attached hydrogen (secondary N) is 1. The van der Waals surface area contributed by atoms with Crippen LogP contribution in [0.1, 0.15) is 6.92 Å². The third-order valence-corrected chi connectivity index (χ3v) is 4.95. The van der Waals surface area contributed by atoms with Crippen molar-refractivity contribution in [1.82, 2.24) is 9.55 Å². The van der Waals surface area contributed by atoms with Crippen LogP contribution in [-0.2, 0) is 11.8 Å². The normalized spacial score (nSPS) is 12.1. The van der Waals surface area contributed by atoms with E-state index in [9.17, 15) is 19.3 Å². The van der Waals surface area contributed by atoms with Gasteiger partial charge in [0.15, 0.2) is 5.16 Å². The Morgan fingerprint density at radius 2 is 2.08 bits per heavy atom. The fraction of sp³-hybridized carbons (Fsp3) is 0.176. The van der Waals surface area contributed by atoms with Crippen molar-refractivity contribution in [3.63, 3.8) is 0 Å². The lowest BCUT2D eigenvalue weighted by Gasteiger charge is -2.11. The molecule has 0 aliphatic carbocycles. The lowest BCUT2D eigenvalue weighted by molar-refractivity contribution is -0.387. The van der Waals surface area contributed by atoms with Crippen molar-refractivity contribution < 1.29 is 14.1 Å². The summed E-state index contributed by atoms with van der Waals surface area (Å²) in [6, 6.07) is 10.9. The van der Waals surface area contributed by atoms with Crippen molar-refractivity contribution in [3.8, 4) is 0 Å². The lowest BCUT2D eigenvalue weighted by atomic mass is 10.2. The van der Waals surface area contributed by atoms with E-state index in [1.807, 2.05) is 35.9 Å². The van der Waals surface area contributed by atoms with Gasteiger partial charge >= 0.3 is 5.69 Å². The highest BCUT2D eigenvalue weighted by atomic mass is 32.2. The molecule has 1 N–H and O–H groups in total. The van der Waals surface area contributed by atoms with E-state index in [-0.39, 0.29) is 11.6 Å². The van der Waals surface area contributed by atoms with Gasteiger partial charge in [0, 0.05) is 18.8 Å². The molecule has 9 heteroatoms. The Morgan fingerprint density at radius 3 is 2.77 bits per heavy atom. The number of para-hydroxylation sites is 2. The highest BCUT2D eigenvalue weighted by Gasteiger charge is 2.20. The molecule has 2 aromatic carbocycles. The number of nitro benzene ring substituents is 1. The lowest BCUT2D eigenvalue weighted by Crippen LogP contribution is -2.22. The van der Waals surface area contributed by atoms with Gasteiger partial charge in [0.1, 0.15) is 0 Å². The van der Waals surface area contributed by atoms with Crippen molar-refractivity contribution in [2.75, 3.05) is 5.32 Å². The second-order valence-corrected chi connectivity index (χ2v) is 6.92. The average Bonchev–Trinajstić information content (AvgIpc) is 2.92. The van der Waals surface area contributed by atoms with E-state index in [0.29, 0.717) is 5.16 Å². The maximum absolute atomic E-state index is 13.4. The number of carbonyl (C=O) groups excluding carboxylic acids is 1. The fourth-order valence-electron chi connectivity index (χ4n) is 2.41. The molecule has 0 saturated heterocycles. The minimum absolute atomic E-state index is 0.167. The van der Waals surface area contributed by atoms with Crippen molar-refractivity contribution >= 4 is 40.1 Å². The van der Waals surface area contributed by atoms with E-state index in [4.69, 9.17) is 0 Å². The van der Waals surface area contributed by atoms with Crippen molar-refractivity contribution in [3.05, 3.63) is 58.4 Å². The number of nitrogens with zero attached hydrogens (tertiary/aromatic N) is 3. The predicted molar refractivity (Wildman–Crippen MR) is 97.7 cm³/mol. The highest BCUT2D eigenvalue weighted by molar-refractivity contribution is 8.00. The first kappa shape index (κ1) is 17.9. The van der Waals surface area contributed by atoms with Crippen LogP contribution in [0.2, 0.25) is 0 Å². The number of halogens is 1. The molecule has 134 valence electrons. The third kappa shape index (κ3) is 3.52. The van der Waals surface area contributed by atoms with Crippen molar-refractivity contribution in [2.45, 2.75) is 17.3 Å². The molecule has 26 heavy (non-hydrogen) atoms. The summed E-state index contributed by atoms with van der Waals surface area (Å²) in [5.41, 5.74) is 1.27. The Morgan fingerprint density at radius 1 is 1.35 bits per heavy atom. The number of hydrogen-bond acceptors (Lipinski definition) is 5. The molecule has 0 aliphatic rings. The van der Waals surface area contributed by atoms with Crippen LogP contribution in [0.5, 0.6) is 0 Å². The van der Waals surface area contributed by atoms with Crippen LogP contribution in [0.4, 0.5) is 15.8 Å². The van der Waals surface area contributed by atoms with Gasteiger partial charge in [-0.15, -0.1) is 0 Å². The highest BCUT2D eigenvalue weighted by Crippen LogP contribution is 2.27. The van der Waals surface area contributed by atoms with Crippen LogP contribution in [-0.4, -0.2) is 25.6 Å². The second kappa shape index (κ2) is 7.12. The number of imidazole rings is 1. The molecule has 0 radical (unpaired) electrons. The van der Waals surface area contributed by atoms with Crippen LogP contribution < -0.4 is 5.32 Å². The molecule has 1 unspecified atom stereocenters. The summed E-state index contributed by atoms with van der Waals surface area (Å²) in [4.78, 5) is 26.8. The molecule has 0 fully saturated rings. The number of hydrogen-bond donors (Lipinski definition) is 1. The van der Waals surface area contributed by atoms with Gasteiger partial charge < -0.3 is 9.88 Å². The van der Waals surface area contributed by atoms with Crippen LogP contribution in [0, 0.1) is 15.9 Å². The predicted octanol–water partition coefficient (Wildman–Crippen LogP) is 3.74. The van der Waals surface area contributed by atoms with Gasteiger partial charge in [-0.25, -0.2) is 4.98 Å². The number of anilines is 1. The molecule has 1 aromatic heterocycles. The summed E-state index contributed by atoms with van der Waals surface area (Å²) in [6.07, 6.45) is 0. The molecule has 0 saturated carbocycles. The van der Waals surface area contributed by atoms with E-state index in [1.54, 1.807) is 6.92 Å². The Labute approximate surface area is 152 Å². The first-order valence-electron chi connectivity index (χ1n) is 7.69. The number of amides is 1. The van der Waals surface area contributed by atoms with Gasteiger partial charge in [-0.3, -0.25) is 14.9 Å². The molecular weight excluding hydrogens is 359 g/mol. The Bertz CT molecular complexity index is 1000. The molecule has 3 aromatic rings. The van der Waals surface area contributed by atoms with Crippen molar-refractivity contribution in [1.29, 1.82) is 0 Å². The summed E-state index contributed by atoms with van der Waals surface area (Å²) in [7, 11) is 1.87. The number of benzene rings is 2. The first-order chi connectivity index (χ1) is 12.4. The zero-order valence-corrected chi connectivity index (χ0v) is 14.8. The maximum atomic E-state index is 13.4. The molecule has 0 spiro atoms. The van der Waals surface area contributed by atoms with Crippen LogP contribution in [0.3, 0.4) is 0 Å². The summed E-state index contributed by atoms with van der Waals surface area (Å²) >= 11 is 1.27. The standard InChI is InChI=1S/C17H15FN4O3S/c1-10(26-17-20-13-5-3-4-6-14(13)21(17)2)16(23)19-11-7-8-12(18)15(9-11)22(24)25/h3-10H,1-2H3,(H,19,23). The number of nitro groups is 1. The Balaban J connectivity index is 1.74. The zero-order chi connectivity index (χ0) is 18.8. The van der Waals surface area contributed by atoms with Crippen molar-refractivity contribution in [2.24, 2.45) is 7.05 Å². The topological polar surface area (TPSA) is 90.1 Å². The number of rotatable bonds is 5. The van der Waals surface area contributed by atoms with Crippen LogP contribution in [0.15, 0.2) is 47.6 Å². The summed E-state index contributed by atoms with van der Waals surface area (Å²) in [5, 5.41) is 13.5. The largest absolute Gasteiger partial charge is 0.325 e. The van der Waals surface area contributed by atoms with Gasteiger partial charge in [-0.1, -0.05) is 23.9 Å². The average molecular weight is 374 g/mol. The van der Waals surface area contributed by atoms with Gasteiger partial charge in [0.2, 0.25) is 11.7 Å². The van der Waals surface area contributed by atoms with Gasteiger partial charge in [0.05, 0.1) is 21.2 Å². The number of carbonyl (C=O) groups is 1. The van der Waals surface area contributed by atoms with Gasteiger partial charge in [-0.2, -0.15) is 4.39 Å². The van der Waals surface area contributed by atoms with Gasteiger partial charge in [0.25, 0.3) is 0 Å². The minimum Gasteiger partial charge on any atom is -0.325 e. The van der Waals surface area contributed by atoms with E-state index >= 15 is 0 Å². The molecule has 1 amide bonds. The maximum Gasteiger partial charge on any atom is 0.306 e. The molecule has 7 nitrogen and oxygen atoms in total. The Hall–Kier alpha value is -2.94. The smallest absolute Gasteiger partial charge is 0.306 e. The van der Waals surface area contributed by atoms with E-state index in [0.717, 1.165) is 23.2 Å². The monoisotopic (exact) mass is 374 g/mol. The molecule has 1 atom stereocenters. The molecule has 0 bridgehead atoms. The molecule has 3 rings (SSSR count). The van der Waals surface area contributed by atoms with E-state index < -0.39 is 21.7 Å². The fourth-order valence-corrected chi connectivity index (χ4v) is 3.30. The molecule has 0 aliphatic heterocycles. The quantitative estimate of drug-likeness (QED) is 0.417. The van der Waals surface area contributed by atoms with E-state index in [1.165, 1.54) is 17.8 Å². The summed E-state index contributed by atoms with van der Waals surface area (Å²) in [6.45, 7) is 1.71. The Kier molecular flexibility index (Phi) is 4.90. The van der Waals surface area contributed by atoms with Gasteiger partial charge in [-0.05, 0) is 31.2 Å². The van der Waals surface area contributed by atoms with E-state index in [2.05, 4.69) is 10.3 Å². The zero-order valence-electron chi connectivity index (χ0n) is 14.0. The minimum atomic E-state index is -0.949. The number of aromatic nitrogens is 2. The van der Waals surface area contributed by atoms with Crippen LogP contribution in [0.25, 0.3) is 11.0 Å². The number of aryl methyl sites for hydroxylation is 1. The molecule has 1 heterocycles. The summed E-state index contributed by atoms with van der Waals surface area (Å²) in [5.74, 6) is -1.31. The second-order valence-electron chi connectivity index (χ2n) is 5.61. The molecular formula is C17H15FN4O3S.